The van der Waals surface area contributed by atoms with Crippen molar-refractivity contribution < 1.29 is 34.8 Å². The highest BCUT2D eigenvalue weighted by atomic mass is 32.1. The second-order valence-corrected chi connectivity index (χ2v) is 10.8. The van der Waals surface area contributed by atoms with Gasteiger partial charge in [0.05, 0.1) is 11.6 Å². The Bertz CT molecular complexity index is 1350. The van der Waals surface area contributed by atoms with Crippen LogP contribution in [0.25, 0.3) is 5.76 Å². The number of phenolic OH excluding ortho intramolecular Hbond substituents is 1. The fraction of sp³-hybridized carbons (Fsp3) is 0.440. The third kappa shape index (κ3) is 3.80. The summed E-state index contributed by atoms with van der Waals surface area (Å²) >= 11 is 4.85. The van der Waals surface area contributed by atoms with Crippen molar-refractivity contribution in [1.82, 2.24) is 10.2 Å². The zero-order valence-corrected chi connectivity index (χ0v) is 22.2. The van der Waals surface area contributed by atoms with Gasteiger partial charge in [0.25, 0.3) is 5.91 Å². The molecule has 3 aliphatic rings. The van der Waals surface area contributed by atoms with E-state index in [4.69, 9.17) is 23.7 Å². The second-order valence-electron chi connectivity index (χ2n) is 10.3. The van der Waals surface area contributed by atoms with E-state index in [1.165, 1.54) is 4.90 Å². The van der Waals surface area contributed by atoms with E-state index in [9.17, 15) is 34.8 Å². The van der Waals surface area contributed by atoms with E-state index >= 15 is 0 Å². The molecule has 4 rings (SSSR count). The maximum Gasteiger partial charge on any atom is 0.255 e. The molecule has 4 unspecified atom stereocenters. The lowest BCUT2D eigenvalue weighted by Gasteiger charge is -2.50. The van der Waals surface area contributed by atoms with Crippen LogP contribution < -0.4 is 21.7 Å². The maximum absolute atomic E-state index is 13.9. The number of likely N-dealkylation sites (N-methyl/N-ethyl adjacent to an activating group) is 1. The predicted octanol–water partition coefficient (Wildman–Crippen LogP) is -0.637. The lowest BCUT2D eigenvalue weighted by Crippen LogP contribution is -2.65. The van der Waals surface area contributed by atoms with Crippen LogP contribution in [0.3, 0.4) is 0 Å². The molecular formula is C25H31N5O7S. The van der Waals surface area contributed by atoms with Gasteiger partial charge in [-0.1, -0.05) is 0 Å². The highest BCUT2D eigenvalue weighted by molar-refractivity contribution is 7.80. The van der Waals surface area contributed by atoms with Gasteiger partial charge < -0.3 is 42.1 Å². The Labute approximate surface area is 224 Å². The number of primary amides is 1. The first-order valence-corrected chi connectivity index (χ1v) is 12.3. The summed E-state index contributed by atoms with van der Waals surface area (Å²) in [5.41, 5.74) is 8.72. The zero-order valence-electron chi connectivity index (χ0n) is 21.4. The number of hydrogen-bond donors (Lipinski definition) is 7. The SMILES string of the molecule is CN(C)c1cc(CNC(N)=S)c(O)c2c1CC1CC3C(N(C)C)C(=O)C(C(N)=O)=C(O)C3(O)C(=O)C1=C2O. The number of benzene rings is 1. The van der Waals surface area contributed by atoms with Crippen LogP contribution in [0.2, 0.25) is 0 Å². The molecule has 1 saturated carbocycles. The fourth-order valence-corrected chi connectivity index (χ4v) is 6.13. The van der Waals surface area contributed by atoms with E-state index in [1.54, 1.807) is 39.2 Å². The van der Waals surface area contributed by atoms with E-state index in [-0.39, 0.29) is 41.4 Å². The van der Waals surface area contributed by atoms with Crippen LogP contribution in [0.15, 0.2) is 23.0 Å². The summed E-state index contributed by atoms with van der Waals surface area (Å²) in [5, 5.41) is 47.9. The first-order valence-electron chi connectivity index (χ1n) is 11.9. The number of nitrogens with one attached hydrogen (secondary N) is 1. The minimum Gasteiger partial charge on any atom is -0.508 e. The summed E-state index contributed by atoms with van der Waals surface area (Å²) < 4.78 is 0. The van der Waals surface area contributed by atoms with Gasteiger partial charge in [-0.25, -0.2) is 0 Å². The third-order valence-corrected chi connectivity index (χ3v) is 7.86. The number of fused-ring (bicyclic) bond motifs is 3. The maximum atomic E-state index is 13.9. The Morgan fingerprint density at radius 3 is 2.34 bits per heavy atom. The monoisotopic (exact) mass is 545 g/mol. The number of carbonyl (C=O) groups excluding carboxylic acids is 3. The van der Waals surface area contributed by atoms with Gasteiger partial charge in [-0.2, -0.15) is 0 Å². The zero-order chi connectivity index (χ0) is 28.4. The number of nitrogens with zero attached hydrogens (tertiary/aromatic N) is 2. The van der Waals surface area contributed by atoms with E-state index in [0.29, 0.717) is 16.8 Å². The highest BCUT2D eigenvalue weighted by Gasteiger charge is 2.64. The number of ketones is 2. The van der Waals surface area contributed by atoms with Crippen LogP contribution >= 0.6 is 12.2 Å². The largest absolute Gasteiger partial charge is 0.508 e. The summed E-state index contributed by atoms with van der Waals surface area (Å²) in [6.07, 6.45) is 0.211. The van der Waals surface area contributed by atoms with Crippen molar-refractivity contribution in [2.45, 2.75) is 31.0 Å². The van der Waals surface area contributed by atoms with Gasteiger partial charge in [0.2, 0.25) is 5.78 Å². The van der Waals surface area contributed by atoms with Gasteiger partial charge in [-0.15, -0.1) is 0 Å². The van der Waals surface area contributed by atoms with Crippen molar-refractivity contribution in [3.63, 3.8) is 0 Å². The van der Waals surface area contributed by atoms with Gasteiger partial charge in [-0.05, 0) is 56.7 Å². The summed E-state index contributed by atoms with van der Waals surface area (Å²) in [5.74, 6) is -6.91. The normalized spacial score (nSPS) is 26.6. The number of anilines is 1. The number of rotatable bonds is 5. The smallest absolute Gasteiger partial charge is 0.255 e. The lowest BCUT2D eigenvalue weighted by molar-refractivity contribution is -0.153. The van der Waals surface area contributed by atoms with Crippen LogP contribution in [0, 0.1) is 11.8 Å². The van der Waals surface area contributed by atoms with Gasteiger partial charge in [0.1, 0.15) is 22.8 Å². The summed E-state index contributed by atoms with van der Waals surface area (Å²) in [6.45, 7) is 0.0411. The molecule has 38 heavy (non-hydrogen) atoms. The highest BCUT2D eigenvalue weighted by Crippen LogP contribution is 2.54. The number of nitrogens with two attached hydrogens (primary N) is 2. The number of thiocarbonyl (C=S) groups is 1. The number of amides is 1. The van der Waals surface area contributed by atoms with Gasteiger partial charge in [-0.3, -0.25) is 19.3 Å². The topological polar surface area (TPSA) is 203 Å². The number of carbonyl (C=O) groups is 3. The fourth-order valence-electron chi connectivity index (χ4n) is 6.06. The molecule has 0 aliphatic heterocycles. The number of aromatic hydroxyl groups is 1. The van der Waals surface area contributed by atoms with Gasteiger partial charge in [0.15, 0.2) is 16.5 Å². The molecule has 1 aromatic rings. The van der Waals surface area contributed by atoms with Crippen molar-refractivity contribution in [1.29, 1.82) is 0 Å². The third-order valence-electron chi connectivity index (χ3n) is 7.71. The molecule has 0 bridgehead atoms. The van der Waals surface area contributed by atoms with Crippen LogP contribution in [0.5, 0.6) is 5.75 Å². The first kappa shape index (κ1) is 27.4. The van der Waals surface area contributed by atoms with E-state index in [0.717, 1.165) is 0 Å². The summed E-state index contributed by atoms with van der Waals surface area (Å²) in [6, 6.07) is 0.585. The van der Waals surface area contributed by atoms with Crippen molar-refractivity contribution in [2.75, 3.05) is 33.1 Å². The van der Waals surface area contributed by atoms with Crippen molar-refractivity contribution in [3.05, 3.63) is 39.7 Å². The number of aliphatic hydroxyl groups excluding tert-OH is 2. The standard InChI is InChI=1S/C25H31N5O7S/c1-29(2)13-7-10(8-28-24(27)38)18(31)15-11(13)5-9-6-12-17(30(3)4)20(33)16(23(26)36)22(35)25(12,37)21(34)14(9)19(15)32/h7,9,12,17,31-32,35,37H,5-6,8H2,1-4H3,(H2,26,36)(H3,27,28,38). The molecule has 0 spiro atoms. The molecule has 1 aromatic carbocycles. The second kappa shape index (κ2) is 9.26. The van der Waals surface area contributed by atoms with Crippen molar-refractivity contribution in [2.24, 2.45) is 23.3 Å². The Hall–Kier alpha value is -3.68. The first-order chi connectivity index (χ1) is 17.6. The van der Waals surface area contributed by atoms with Crippen LogP contribution in [-0.4, -0.2) is 87.7 Å². The Morgan fingerprint density at radius 2 is 1.82 bits per heavy atom. The minimum absolute atomic E-state index is 0.00157. The number of Topliss-reactive ketones (excluding diaryl/α,β-unsaturated/α-hetero) is 2. The van der Waals surface area contributed by atoms with Crippen LogP contribution in [0.4, 0.5) is 5.69 Å². The summed E-state index contributed by atoms with van der Waals surface area (Å²) in [7, 11) is 6.68. The van der Waals surface area contributed by atoms with Crippen molar-refractivity contribution >= 4 is 46.3 Å². The average molecular weight is 546 g/mol. The van der Waals surface area contributed by atoms with E-state index in [1.807, 2.05) is 0 Å². The molecule has 3 aliphatic carbocycles. The molecule has 9 N–H and O–H groups in total. The molecule has 0 heterocycles. The van der Waals surface area contributed by atoms with Gasteiger partial charge in [0, 0.05) is 43.4 Å². The van der Waals surface area contributed by atoms with Crippen LogP contribution in [0.1, 0.15) is 23.1 Å². The van der Waals surface area contributed by atoms with E-state index in [2.05, 4.69) is 5.32 Å². The van der Waals surface area contributed by atoms with Crippen LogP contribution in [-0.2, 0) is 27.3 Å². The molecule has 4 atom stereocenters. The molecular weight excluding hydrogens is 514 g/mol. The molecule has 0 radical (unpaired) electrons. The average Bonchev–Trinajstić information content (AvgIpc) is 2.80. The quantitative estimate of drug-likeness (QED) is 0.182. The Morgan fingerprint density at radius 1 is 1.18 bits per heavy atom. The molecule has 0 saturated heterocycles. The number of aliphatic hydroxyl groups is 3. The molecule has 0 aromatic heterocycles. The molecule has 204 valence electrons. The Kier molecular flexibility index (Phi) is 6.66. The molecule has 13 heteroatoms. The van der Waals surface area contributed by atoms with Gasteiger partial charge >= 0.3 is 0 Å². The lowest BCUT2D eigenvalue weighted by atomic mass is 9.57. The molecule has 1 amide bonds. The number of hydrogen-bond acceptors (Lipinski definition) is 10. The summed E-state index contributed by atoms with van der Waals surface area (Å²) in [4.78, 5) is 42.5. The predicted molar refractivity (Wildman–Crippen MR) is 142 cm³/mol. The minimum atomic E-state index is -2.69. The molecule has 1 fully saturated rings. The molecule has 12 nitrogen and oxygen atoms in total. The van der Waals surface area contributed by atoms with E-state index < -0.39 is 58.0 Å². The Balaban J connectivity index is 1.97. The van der Waals surface area contributed by atoms with Crippen molar-refractivity contribution in [3.8, 4) is 5.75 Å². The number of phenols is 1.